The fraction of sp³-hybridized carbons (Fsp3) is 0.450. The molecule has 0 saturated heterocycles. The van der Waals surface area contributed by atoms with Crippen molar-refractivity contribution in [1.82, 2.24) is 15.2 Å². The first-order chi connectivity index (χ1) is 12.8. The number of hydrogen-bond donors (Lipinski definition) is 2. The number of nitrogens with zero attached hydrogens (tertiary/aromatic N) is 2. The summed E-state index contributed by atoms with van der Waals surface area (Å²) in [5.41, 5.74) is 2.54. The fourth-order valence-electron chi connectivity index (χ4n) is 3.14. The van der Waals surface area contributed by atoms with Gasteiger partial charge in [-0.3, -0.25) is 9.59 Å². The normalized spacial score (nSPS) is 15.3. The highest BCUT2D eigenvalue weighted by Crippen LogP contribution is 2.28. The lowest BCUT2D eigenvalue weighted by Gasteiger charge is -2.21. The molecular formula is C20H26N4O2S. The van der Waals surface area contributed by atoms with Crippen LogP contribution >= 0.6 is 11.3 Å². The molecule has 2 aromatic rings. The van der Waals surface area contributed by atoms with Gasteiger partial charge in [0.05, 0.1) is 5.69 Å². The largest absolute Gasteiger partial charge is 0.340 e. The zero-order chi connectivity index (χ0) is 19.6. The first kappa shape index (κ1) is 19.5. The predicted octanol–water partition coefficient (Wildman–Crippen LogP) is 2.83. The van der Waals surface area contributed by atoms with Gasteiger partial charge >= 0.3 is 0 Å². The van der Waals surface area contributed by atoms with Crippen molar-refractivity contribution in [1.29, 1.82) is 0 Å². The number of fused-ring (bicyclic) bond motifs is 1. The van der Waals surface area contributed by atoms with E-state index in [2.05, 4.69) is 27.6 Å². The van der Waals surface area contributed by atoms with Crippen LogP contribution in [0.5, 0.6) is 0 Å². The number of carbonyl (C=O) groups excluding carboxylic acids is 2. The average Bonchev–Trinajstić information content (AvgIpc) is 3.00. The van der Waals surface area contributed by atoms with E-state index < -0.39 is 6.04 Å². The zero-order valence-electron chi connectivity index (χ0n) is 16.2. The summed E-state index contributed by atoms with van der Waals surface area (Å²) in [5.74, 6) is -0.507. The number of benzene rings is 1. The second-order valence-corrected chi connectivity index (χ2v) is 8.46. The number of nitrogens with one attached hydrogen (secondary N) is 2. The Morgan fingerprint density at radius 1 is 1.26 bits per heavy atom. The van der Waals surface area contributed by atoms with E-state index >= 15 is 0 Å². The van der Waals surface area contributed by atoms with Crippen LogP contribution in [0.4, 0.5) is 5.13 Å². The molecule has 0 radical (unpaired) electrons. The monoisotopic (exact) mass is 386 g/mol. The molecule has 1 aliphatic heterocycles. The summed E-state index contributed by atoms with van der Waals surface area (Å²) in [4.78, 5) is 33.4. The lowest BCUT2D eigenvalue weighted by Crippen LogP contribution is -2.47. The molecule has 7 heteroatoms. The van der Waals surface area contributed by atoms with E-state index in [-0.39, 0.29) is 17.7 Å². The van der Waals surface area contributed by atoms with E-state index in [1.165, 1.54) is 16.2 Å². The van der Waals surface area contributed by atoms with Crippen molar-refractivity contribution in [3.8, 4) is 0 Å². The maximum absolute atomic E-state index is 12.8. The molecule has 0 saturated carbocycles. The van der Waals surface area contributed by atoms with E-state index in [1.807, 2.05) is 39.0 Å². The van der Waals surface area contributed by atoms with Gasteiger partial charge in [0, 0.05) is 30.0 Å². The number of aryl methyl sites for hydroxylation is 1. The van der Waals surface area contributed by atoms with E-state index in [1.54, 1.807) is 6.07 Å². The van der Waals surface area contributed by atoms with Crippen LogP contribution in [-0.4, -0.2) is 41.3 Å². The van der Waals surface area contributed by atoms with Crippen molar-refractivity contribution >= 4 is 28.3 Å². The van der Waals surface area contributed by atoms with Gasteiger partial charge in [0.25, 0.3) is 5.91 Å². The van der Waals surface area contributed by atoms with Gasteiger partial charge < -0.3 is 15.5 Å². The van der Waals surface area contributed by atoms with Gasteiger partial charge in [0.2, 0.25) is 5.91 Å². The molecule has 27 heavy (non-hydrogen) atoms. The number of anilines is 1. The van der Waals surface area contributed by atoms with E-state index in [0.717, 1.165) is 30.8 Å². The summed E-state index contributed by atoms with van der Waals surface area (Å²) in [7, 11) is 2.08. The van der Waals surface area contributed by atoms with Crippen molar-refractivity contribution < 1.29 is 9.59 Å². The van der Waals surface area contributed by atoms with Crippen molar-refractivity contribution in [2.24, 2.45) is 5.92 Å². The van der Waals surface area contributed by atoms with Gasteiger partial charge in [-0.2, -0.15) is 0 Å². The van der Waals surface area contributed by atoms with Crippen molar-refractivity contribution in [3.05, 3.63) is 46.0 Å². The number of thiazole rings is 1. The third-order valence-corrected chi connectivity index (χ3v) is 5.78. The second-order valence-electron chi connectivity index (χ2n) is 7.38. The molecule has 0 spiro atoms. The molecule has 0 fully saturated rings. The van der Waals surface area contributed by atoms with Crippen molar-refractivity contribution in [3.63, 3.8) is 0 Å². The molecule has 0 bridgehead atoms. The minimum atomic E-state index is -0.624. The van der Waals surface area contributed by atoms with Gasteiger partial charge in [-0.05, 0) is 31.5 Å². The van der Waals surface area contributed by atoms with Crippen LogP contribution < -0.4 is 10.6 Å². The highest BCUT2D eigenvalue weighted by molar-refractivity contribution is 7.15. The summed E-state index contributed by atoms with van der Waals surface area (Å²) >= 11 is 1.52. The van der Waals surface area contributed by atoms with Crippen LogP contribution in [0.25, 0.3) is 0 Å². The molecule has 2 heterocycles. The Balaban J connectivity index is 1.71. The first-order valence-corrected chi connectivity index (χ1v) is 10.0. The molecule has 1 aromatic heterocycles. The van der Waals surface area contributed by atoms with Crippen molar-refractivity contribution in [2.45, 2.75) is 39.8 Å². The Morgan fingerprint density at radius 3 is 2.70 bits per heavy atom. The van der Waals surface area contributed by atoms with Gasteiger partial charge in [0.1, 0.15) is 6.04 Å². The molecule has 0 unspecified atom stereocenters. The summed E-state index contributed by atoms with van der Waals surface area (Å²) in [5, 5.41) is 6.39. The second kappa shape index (κ2) is 8.19. The van der Waals surface area contributed by atoms with E-state index in [0.29, 0.717) is 10.7 Å². The third kappa shape index (κ3) is 4.54. The number of aromatic nitrogens is 1. The summed E-state index contributed by atoms with van der Waals surface area (Å²) < 4.78 is 0. The van der Waals surface area contributed by atoms with Gasteiger partial charge in [0.15, 0.2) is 5.13 Å². The SMILES string of the molecule is Cc1ccccc1C(=O)N[C@H](C(=O)Nc1nc2c(s1)CN(C)CC2)C(C)C. The fourth-order valence-corrected chi connectivity index (χ4v) is 4.23. The van der Waals surface area contributed by atoms with Crippen LogP contribution in [0.15, 0.2) is 24.3 Å². The molecule has 3 rings (SSSR count). The van der Waals surface area contributed by atoms with Crippen LogP contribution in [0.3, 0.4) is 0 Å². The standard InChI is InChI=1S/C20H26N4O2S/c1-12(2)17(22-18(25)14-8-6-5-7-13(14)3)19(26)23-20-21-15-9-10-24(4)11-16(15)27-20/h5-8,12,17H,9-11H2,1-4H3,(H,22,25)(H,21,23,26)/t17-/m0/s1. The number of hydrogen-bond acceptors (Lipinski definition) is 5. The molecule has 1 aliphatic rings. The number of amides is 2. The number of rotatable bonds is 5. The number of likely N-dealkylation sites (N-methyl/N-ethyl adjacent to an activating group) is 1. The lowest BCUT2D eigenvalue weighted by molar-refractivity contribution is -0.118. The van der Waals surface area contributed by atoms with Crippen molar-refractivity contribution in [2.75, 3.05) is 18.9 Å². The Morgan fingerprint density at radius 2 is 2.00 bits per heavy atom. The molecule has 6 nitrogen and oxygen atoms in total. The van der Waals surface area contributed by atoms with Crippen LogP contribution in [0.2, 0.25) is 0 Å². The summed E-state index contributed by atoms with van der Waals surface area (Å²) in [6, 6.07) is 6.74. The van der Waals surface area contributed by atoms with Gasteiger partial charge in [-0.25, -0.2) is 4.98 Å². The molecule has 2 N–H and O–H groups in total. The minimum absolute atomic E-state index is 0.0429. The van der Waals surface area contributed by atoms with Gasteiger partial charge in [-0.1, -0.05) is 32.0 Å². The molecule has 0 aliphatic carbocycles. The predicted molar refractivity (Wildman–Crippen MR) is 108 cm³/mol. The van der Waals surface area contributed by atoms with Crippen LogP contribution in [0.1, 0.15) is 40.3 Å². The topological polar surface area (TPSA) is 74.3 Å². The molecule has 2 amide bonds. The zero-order valence-corrected chi connectivity index (χ0v) is 17.0. The van der Waals surface area contributed by atoms with E-state index in [9.17, 15) is 9.59 Å². The first-order valence-electron chi connectivity index (χ1n) is 9.19. The molecule has 1 atom stereocenters. The molecule has 1 aromatic carbocycles. The molecular weight excluding hydrogens is 360 g/mol. The van der Waals surface area contributed by atoms with Crippen LogP contribution in [-0.2, 0) is 17.8 Å². The lowest BCUT2D eigenvalue weighted by atomic mass is 10.0. The Kier molecular flexibility index (Phi) is 5.92. The van der Waals surface area contributed by atoms with Gasteiger partial charge in [-0.15, -0.1) is 11.3 Å². The Hall–Kier alpha value is -2.25. The maximum Gasteiger partial charge on any atom is 0.252 e. The highest BCUT2D eigenvalue weighted by Gasteiger charge is 2.27. The third-order valence-electron chi connectivity index (χ3n) is 4.78. The Bertz CT molecular complexity index is 846. The Labute approximate surface area is 164 Å². The van der Waals surface area contributed by atoms with Crippen LogP contribution in [0, 0.1) is 12.8 Å². The number of carbonyl (C=O) groups is 2. The maximum atomic E-state index is 12.8. The summed E-state index contributed by atoms with van der Waals surface area (Å²) in [6.45, 7) is 7.57. The quantitative estimate of drug-likeness (QED) is 0.829. The summed E-state index contributed by atoms with van der Waals surface area (Å²) in [6.07, 6.45) is 0.899. The smallest absolute Gasteiger partial charge is 0.252 e. The minimum Gasteiger partial charge on any atom is -0.340 e. The highest BCUT2D eigenvalue weighted by atomic mass is 32.1. The molecule has 144 valence electrons. The van der Waals surface area contributed by atoms with E-state index in [4.69, 9.17) is 0 Å². The average molecular weight is 387 g/mol.